The second-order valence-corrected chi connectivity index (χ2v) is 8.83. The molecule has 0 amide bonds. The molecule has 5 aromatic heterocycles. The van der Waals surface area contributed by atoms with Crippen LogP contribution in [-0.2, 0) is 7.05 Å². The number of allylic oxidation sites excluding steroid dienone is 2. The summed E-state index contributed by atoms with van der Waals surface area (Å²) in [6.45, 7) is 8.13. The number of aromatic amines is 2. The Kier molecular flexibility index (Phi) is 4.67. The summed E-state index contributed by atoms with van der Waals surface area (Å²) < 4.78 is 1.79. The van der Waals surface area contributed by atoms with Crippen molar-refractivity contribution in [3.05, 3.63) is 82.6 Å². The Morgan fingerprint density at radius 1 is 1.16 bits per heavy atom. The van der Waals surface area contributed by atoms with Gasteiger partial charge >= 0.3 is 0 Å². The minimum absolute atomic E-state index is 0.687. The van der Waals surface area contributed by atoms with Crippen LogP contribution in [0.15, 0.2) is 61.6 Å². The highest BCUT2D eigenvalue weighted by atomic mass is 32.1. The van der Waals surface area contributed by atoms with Gasteiger partial charge in [0.25, 0.3) is 0 Å². The number of hydrogen-bond acceptors (Lipinski definition) is 4. The van der Waals surface area contributed by atoms with Crippen LogP contribution in [0, 0.1) is 13.8 Å². The fraction of sp³-hybridized carbons (Fsp3) is 0.125. The summed E-state index contributed by atoms with van der Waals surface area (Å²) in [7, 11) is 1.91. The first kappa shape index (κ1) is 19.3. The normalized spacial score (nSPS) is 12.0. The van der Waals surface area contributed by atoms with E-state index < -0.39 is 0 Å². The van der Waals surface area contributed by atoms with E-state index in [1.807, 2.05) is 31.7 Å². The molecule has 0 atom stereocenters. The molecule has 5 heterocycles. The third-order valence-electron chi connectivity index (χ3n) is 5.31. The Bertz CT molecular complexity index is 1440. The summed E-state index contributed by atoms with van der Waals surface area (Å²) in [6.07, 6.45) is 9.56. The van der Waals surface area contributed by atoms with Crippen molar-refractivity contribution in [1.29, 1.82) is 0 Å². The van der Waals surface area contributed by atoms with Gasteiger partial charge in [-0.1, -0.05) is 18.7 Å². The van der Waals surface area contributed by atoms with Crippen LogP contribution >= 0.6 is 11.3 Å². The number of pyridine rings is 1. The number of H-pyrrole nitrogens is 2. The third-order valence-corrected chi connectivity index (χ3v) is 6.35. The smallest absolute Gasteiger partial charge is 0.181 e. The van der Waals surface area contributed by atoms with Crippen molar-refractivity contribution in [2.45, 2.75) is 13.8 Å². The molecule has 0 spiro atoms. The van der Waals surface area contributed by atoms with Crippen molar-refractivity contribution in [3.63, 3.8) is 0 Å². The van der Waals surface area contributed by atoms with Gasteiger partial charge in [0.15, 0.2) is 5.65 Å². The molecule has 0 aliphatic carbocycles. The van der Waals surface area contributed by atoms with E-state index >= 15 is 0 Å². The van der Waals surface area contributed by atoms with Gasteiger partial charge in [-0.3, -0.25) is 9.78 Å². The van der Waals surface area contributed by atoms with Gasteiger partial charge in [0, 0.05) is 62.5 Å². The minimum atomic E-state index is 0.687. The van der Waals surface area contributed by atoms with Crippen LogP contribution in [0.5, 0.6) is 0 Å². The van der Waals surface area contributed by atoms with E-state index in [-0.39, 0.29) is 0 Å². The molecule has 6 nitrogen and oxygen atoms in total. The standard InChI is InChI=1S/C24H22N6S/c1-5-6-18(22-8-7-14(2)31-22)19-10-21(27-15(19)3)23-20-9-16(11-25-24(20)29-28-23)17-12-26-30(4)13-17/h5-13,27H,1H2,2-4H3,(H,25,28,29)/b18-6+. The van der Waals surface area contributed by atoms with Crippen molar-refractivity contribution in [2.75, 3.05) is 0 Å². The molecule has 31 heavy (non-hydrogen) atoms. The highest BCUT2D eigenvalue weighted by Gasteiger charge is 2.17. The molecule has 0 saturated heterocycles. The highest BCUT2D eigenvalue weighted by Crippen LogP contribution is 2.35. The van der Waals surface area contributed by atoms with Gasteiger partial charge in [-0.2, -0.15) is 10.2 Å². The van der Waals surface area contributed by atoms with Crippen LogP contribution in [-0.4, -0.2) is 29.9 Å². The summed E-state index contributed by atoms with van der Waals surface area (Å²) in [5.41, 5.74) is 8.01. The van der Waals surface area contributed by atoms with E-state index in [2.05, 4.69) is 76.0 Å². The van der Waals surface area contributed by atoms with E-state index in [4.69, 9.17) is 0 Å². The molecule has 154 valence electrons. The second-order valence-electron chi connectivity index (χ2n) is 7.54. The predicted molar refractivity (Wildman–Crippen MR) is 127 cm³/mol. The highest BCUT2D eigenvalue weighted by molar-refractivity contribution is 7.13. The largest absolute Gasteiger partial charge is 0.357 e. The van der Waals surface area contributed by atoms with Crippen molar-refractivity contribution in [1.82, 2.24) is 29.9 Å². The van der Waals surface area contributed by atoms with Crippen LogP contribution in [0.3, 0.4) is 0 Å². The zero-order valence-corrected chi connectivity index (χ0v) is 18.4. The molecule has 0 aromatic carbocycles. The van der Waals surface area contributed by atoms with Gasteiger partial charge in [0.2, 0.25) is 0 Å². The second kappa shape index (κ2) is 7.52. The maximum Gasteiger partial charge on any atom is 0.181 e. The molecule has 7 heteroatoms. The molecule has 0 unspecified atom stereocenters. The van der Waals surface area contributed by atoms with Gasteiger partial charge in [0.1, 0.15) is 0 Å². The molecule has 0 aliphatic heterocycles. The SMILES string of the molecule is C=C/C=C(/c1ccc(C)s1)c1cc(-c2[nH]nc3ncc(-c4cnn(C)c4)cc23)[nH]c1C. The molecule has 0 bridgehead atoms. The monoisotopic (exact) mass is 426 g/mol. The van der Waals surface area contributed by atoms with E-state index in [0.717, 1.165) is 44.7 Å². The Hall–Kier alpha value is -3.71. The predicted octanol–water partition coefficient (Wildman–Crippen LogP) is 5.65. The van der Waals surface area contributed by atoms with Crippen LogP contribution in [0.25, 0.3) is 39.1 Å². The molecule has 0 aliphatic rings. The number of hydrogen-bond donors (Lipinski definition) is 2. The maximum absolute atomic E-state index is 4.54. The molecule has 5 aromatic rings. The van der Waals surface area contributed by atoms with Crippen LogP contribution in [0.1, 0.15) is 21.0 Å². The molecular formula is C24H22N6S. The number of aromatic nitrogens is 6. The first-order valence-corrected chi connectivity index (χ1v) is 10.8. The molecule has 0 fully saturated rings. The molecular weight excluding hydrogens is 404 g/mol. The Morgan fingerprint density at radius 2 is 2.03 bits per heavy atom. The van der Waals surface area contributed by atoms with E-state index in [1.54, 1.807) is 16.0 Å². The van der Waals surface area contributed by atoms with Gasteiger partial charge in [-0.25, -0.2) is 4.98 Å². The van der Waals surface area contributed by atoms with Gasteiger partial charge in [-0.05, 0) is 38.1 Å². The number of nitrogens with zero attached hydrogens (tertiary/aromatic N) is 4. The zero-order valence-electron chi connectivity index (χ0n) is 17.6. The zero-order chi connectivity index (χ0) is 21.5. The number of thiophene rings is 1. The Labute approximate surface area is 184 Å². The van der Waals surface area contributed by atoms with E-state index in [9.17, 15) is 0 Å². The lowest BCUT2D eigenvalue weighted by atomic mass is 10.0. The number of nitrogens with one attached hydrogen (secondary N) is 2. The van der Waals surface area contributed by atoms with Gasteiger partial charge in [-0.15, -0.1) is 11.3 Å². The summed E-state index contributed by atoms with van der Waals surface area (Å²) in [6, 6.07) is 8.59. The van der Waals surface area contributed by atoms with Crippen molar-refractivity contribution < 1.29 is 0 Å². The van der Waals surface area contributed by atoms with Crippen LogP contribution in [0.2, 0.25) is 0 Å². The topological polar surface area (TPSA) is 75.2 Å². The quantitative estimate of drug-likeness (QED) is 0.357. The lowest BCUT2D eigenvalue weighted by Crippen LogP contribution is -1.85. The molecule has 5 rings (SSSR count). The van der Waals surface area contributed by atoms with E-state index in [1.165, 1.54) is 9.75 Å². The lowest BCUT2D eigenvalue weighted by Gasteiger charge is -2.03. The summed E-state index contributed by atoms with van der Waals surface area (Å²) >= 11 is 1.78. The third kappa shape index (κ3) is 3.43. The summed E-state index contributed by atoms with van der Waals surface area (Å²) in [5, 5.41) is 12.8. The first-order valence-electron chi connectivity index (χ1n) is 9.96. The van der Waals surface area contributed by atoms with Gasteiger partial charge in [0.05, 0.1) is 17.6 Å². The number of aryl methyl sites for hydroxylation is 3. The molecule has 0 saturated carbocycles. The average Bonchev–Trinajstić information content (AvgIpc) is 3.53. The average molecular weight is 427 g/mol. The number of fused-ring (bicyclic) bond motifs is 1. The minimum Gasteiger partial charge on any atom is -0.357 e. The Balaban J connectivity index is 1.61. The number of rotatable bonds is 5. The fourth-order valence-corrected chi connectivity index (χ4v) is 4.71. The fourth-order valence-electron chi connectivity index (χ4n) is 3.81. The van der Waals surface area contributed by atoms with Crippen LogP contribution in [0.4, 0.5) is 0 Å². The van der Waals surface area contributed by atoms with Crippen molar-refractivity contribution >= 4 is 27.9 Å². The maximum atomic E-state index is 4.54. The van der Waals surface area contributed by atoms with Crippen molar-refractivity contribution in [2.24, 2.45) is 7.05 Å². The van der Waals surface area contributed by atoms with Crippen LogP contribution < -0.4 is 0 Å². The Morgan fingerprint density at radius 3 is 2.74 bits per heavy atom. The summed E-state index contributed by atoms with van der Waals surface area (Å²) in [5.74, 6) is 0. The summed E-state index contributed by atoms with van der Waals surface area (Å²) in [4.78, 5) is 10.6. The van der Waals surface area contributed by atoms with Crippen molar-refractivity contribution in [3.8, 4) is 22.5 Å². The molecule has 2 N–H and O–H groups in total. The lowest BCUT2D eigenvalue weighted by molar-refractivity contribution is 0.768. The molecule has 0 radical (unpaired) electrons. The first-order chi connectivity index (χ1) is 15.0. The van der Waals surface area contributed by atoms with E-state index in [0.29, 0.717) is 5.65 Å². The van der Waals surface area contributed by atoms with Gasteiger partial charge < -0.3 is 4.98 Å².